The number of esters is 1. The van der Waals surface area contributed by atoms with Gasteiger partial charge in [0.15, 0.2) is 11.5 Å². The molecule has 0 spiro atoms. The normalized spacial score (nSPS) is 14.5. The van der Waals surface area contributed by atoms with Gasteiger partial charge in [0.1, 0.15) is 5.82 Å². The number of thioether (sulfide) groups is 1. The Hall–Kier alpha value is -2.89. The summed E-state index contributed by atoms with van der Waals surface area (Å²) in [5, 5.41) is 0.0102. The Labute approximate surface area is 223 Å². The van der Waals surface area contributed by atoms with Crippen molar-refractivity contribution in [2.75, 3.05) is 7.11 Å². The first kappa shape index (κ1) is 25.2. The van der Waals surface area contributed by atoms with E-state index in [2.05, 4.69) is 0 Å². The largest absolute Gasteiger partial charge is 0.493 e. The van der Waals surface area contributed by atoms with Crippen LogP contribution in [0.25, 0.3) is 6.08 Å². The second-order valence-corrected chi connectivity index (χ2v) is 9.88. The van der Waals surface area contributed by atoms with Gasteiger partial charge in [-0.25, -0.2) is 9.18 Å². The first-order chi connectivity index (χ1) is 16.8. The summed E-state index contributed by atoms with van der Waals surface area (Å²) in [6.45, 7) is -0.158. The molecule has 1 saturated heterocycles. The number of halogens is 3. The number of hydrogen-bond acceptors (Lipinski definition) is 6. The Morgan fingerprint density at radius 2 is 1.86 bits per heavy atom. The second-order valence-electron chi connectivity index (χ2n) is 7.29. The van der Waals surface area contributed by atoms with Crippen LogP contribution in [0.5, 0.6) is 11.5 Å². The number of rotatable bonds is 6. The predicted molar refractivity (Wildman–Crippen MR) is 140 cm³/mol. The van der Waals surface area contributed by atoms with E-state index in [1.807, 2.05) is 22.6 Å². The molecular weight excluding hydrogens is 608 g/mol. The molecule has 3 aromatic rings. The van der Waals surface area contributed by atoms with Gasteiger partial charge in [-0.15, -0.1) is 0 Å². The average molecular weight is 624 g/mol. The van der Waals surface area contributed by atoms with Gasteiger partial charge in [0.05, 0.1) is 27.7 Å². The maximum Gasteiger partial charge on any atom is 0.343 e. The number of carbonyl (C=O) groups is 3. The molecule has 4 rings (SSSR count). The molecular formula is C25H16ClFINO5S. The third-order valence-corrected chi connectivity index (χ3v) is 6.94. The summed E-state index contributed by atoms with van der Waals surface area (Å²) in [6.07, 6.45) is 1.54. The fourth-order valence-corrected chi connectivity index (χ4v) is 4.94. The van der Waals surface area contributed by atoms with Gasteiger partial charge in [0.2, 0.25) is 0 Å². The lowest BCUT2D eigenvalue weighted by atomic mass is 10.1. The van der Waals surface area contributed by atoms with Crippen LogP contribution in [0.3, 0.4) is 0 Å². The summed E-state index contributed by atoms with van der Waals surface area (Å²) in [6, 6.07) is 15.5. The zero-order valence-electron chi connectivity index (χ0n) is 18.1. The molecule has 0 atom stereocenters. The molecule has 0 N–H and O–H groups in total. The molecule has 2 amide bonds. The van der Waals surface area contributed by atoms with E-state index in [4.69, 9.17) is 21.1 Å². The monoisotopic (exact) mass is 623 g/mol. The van der Waals surface area contributed by atoms with Crippen LogP contribution < -0.4 is 9.47 Å². The molecule has 1 aliphatic rings. The van der Waals surface area contributed by atoms with Crippen LogP contribution in [0, 0.1) is 9.39 Å². The number of amides is 2. The number of methoxy groups -OCH3 is 1. The highest BCUT2D eigenvalue weighted by atomic mass is 127. The molecule has 1 fully saturated rings. The minimum atomic E-state index is -0.583. The van der Waals surface area contributed by atoms with E-state index in [1.54, 1.807) is 48.5 Å². The van der Waals surface area contributed by atoms with Crippen LogP contribution in [0.15, 0.2) is 65.6 Å². The highest BCUT2D eigenvalue weighted by Gasteiger charge is 2.35. The van der Waals surface area contributed by atoms with Crippen LogP contribution in [0.1, 0.15) is 21.5 Å². The van der Waals surface area contributed by atoms with Gasteiger partial charge in [0.25, 0.3) is 11.1 Å². The molecule has 0 aliphatic carbocycles. The van der Waals surface area contributed by atoms with Crippen LogP contribution >= 0.6 is 46.0 Å². The van der Waals surface area contributed by atoms with Gasteiger partial charge < -0.3 is 9.47 Å². The van der Waals surface area contributed by atoms with E-state index in [9.17, 15) is 18.8 Å². The second kappa shape index (κ2) is 10.8. The van der Waals surface area contributed by atoms with E-state index < -0.39 is 22.9 Å². The van der Waals surface area contributed by atoms with Gasteiger partial charge >= 0.3 is 5.97 Å². The standard InChI is InChI=1S/C25H16ClFINO5S/c1-33-20-11-14(10-19(28)22(20)34-24(31)15-6-8-17(26)9-7-15)12-21-23(30)29(25(32)35-21)13-16-4-2-3-5-18(16)27/h2-12H,13H2,1H3/b21-12-. The van der Waals surface area contributed by atoms with Crippen molar-refractivity contribution in [3.63, 3.8) is 0 Å². The van der Waals surface area contributed by atoms with Gasteiger partial charge in [-0.05, 0) is 88.5 Å². The lowest BCUT2D eigenvalue weighted by Crippen LogP contribution is -2.27. The van der Waals surface area contributed by atoms with E-state index >= 15 is 0 Å². The molecule has 1 heterocycles. The molecule has 0 unspecified atom stereocenters. The number of carbonyl (C=O) groups excluding carboxylic acids is 3. The topological polar surface area (TPSA) is 72.9 Å². The average Bonchev–Trinajstić information content (AvgIpc) is 3.09. The Balaban J connectivity index is 1.57. The minimum Gasteiger partial charge on any atom is -0.493 e. The maximum absolute atomic E-state index is 14.0. The number of hydrogen-bond donors (Lipinski definition) is 0. The minimum absolute atomic E-state index is 0.158. The third kappa shape index (κ3) is 5.68. The number of benzene rings is 3. The smallest absolute Gasteiger partial charge is 0.343 e. The molecule has 10 heteroatoms. The molecule has 35 heavy (non-hydrogen) atoms. The SMILES string of the molecule is COc1cc(/C=C2\SC(=O)N(Cc3ccccc3F)C2=O)cc(I)c1OC(=O)c1ccc(Cl)cc1. The quantitative estimate of drug-likeness (QED) is 0.134. The predicted octanol–water partition coefficient (Wildman–Crippen LogP) is 6.55. The van der Waals surface area contributed by atoms with E-state index in [-0.39, 0.29) is 28.5 Å². The Bertz CT molecular complexity index is 1360. The molecule has 1 aliphatic heterocycles. The van der Waals surface area contributed by atoms with Crippen molar-refractivity contribution in [3.8, 4) is 11.5 Å². The number of ether oxygens (including phenoxy) is 2. The lowest BCUT2D eigenvalue weighted by molar-refractivity contribution is -0.123. The summed E-state index contributed by atoms with van der Waals surface area (Å²) in [5.74, 6) is -1.09. The van der Waals surface area contributed by atoms with Gasteiger partial charge in [-0.3, -0.25) is 14.5 Å². The van der Waals surface area contributed by atoms with Gasteiger partial charge in [-0.2, -0.15) is 0 Å². The lowest BCUT2D eigenvalue weighted by Gasteiger charge is -2.13. The first-order valence-corrected chi connectivity index (χ1v) is 12.4. The van der Waals surface area contributed by atoms with Crippen molar-refractivity contribution in [3.05, 3.63) is 96.7 Å². The molecule has 0 bridgehead atoms. The van der Waals surface area contributed by atoms with Crippen molar-refractivity contribution in [1.29, 1.82) is 0 Å². The molecule has 3 aromatic carbocycles. The van der Waals surface area contributed by atoms with Crippen molar-refractivity contribution in [2.45, 2.75) is 6.54 Å². The van der Waals surface area contributed by atoms with E-state index in [0.717, 1.165) is 16.7 Å². The zero-order valence-corrected chi connectivity index (χ0v) is 21.8. The van der Waals surface area contributed by atoms with Crippen LogP contribution in [-0.4, -0.2) is 29.1 Å². The summed E-state index contributed by atoms with van der Waals surface area (Å²) >= 11 is 8.63. The highest BCUT2D eigenvalue weighted by molar-refractivity contribution is 14.1. The third-order valence-electron chi connectivity index (χ3n) is 4.98. The number of nitrogens with zero attached hydrogens (tertiary/aromatic N) is 1. The first-order valence-electron chi connectivity index (χ1n) is 10.1. The van der Waals surface area contributed by atoms with Crippen molar-refractivity contribution in [1.82, 2.24) is 4.90 Å². The summed E-state index contributed by atoms with van der Waals surface area (Å²) in [5.41, 5.74) is 1.13. The molecule has 178 valence electrons. The van der Waals surface area contributed by atoms with Crippen LogP contribution in [-0.2, 0) is 11.3 Å². The summed E-state index contributed by atoms with van der Waals surface area (Å²) in [7, 11) is 1.43. The van der Waals surface area contributed by atoms with Crippen molar-refractivity contribution in [2.24, 2.45) is 0 Å². The Morgan fingerprint density at radius 3 is 2.54 bits per heavy atom. The summed E-state index contributed by atoms with van der Waals surface area (Å²) in [4.78, 5) is 39.0. The Kier molecular flexibility index (Phi) is 7.78. The highest BCUT2D eigenvalue weighted by Crippen LogP contribution is 2.38. The number of imide groups is 1. The van der Waals surface area contributed by atoms with Crippen LogP contribution in [0.2, 0.25) is 5.02 Å². The van der Waals surface area contributed by atoms with Gasteiger partial charge in [0, 0.05) is 10.6 Å². The molecule has 6 nitrogen and oxygen atoms in total. The van der Waals surface area contributed by atoms with Gasteiger partial charge in [-0.1, -0.05) is 29.8 Å². The Morgan fingerprint density at radius 1 is 1.14 bits per heavy atom. The molecule has 0 radical (unpaired) electrons. The molecule has 0 aromatic heterocycles. The van der Waals surface area contributed by atoms with E-state index in [0.29, 0.717) is 19.7 Å². The fraction of sp³-hybridized carbons (Fsp3) is 0.0800. The maximum atomic E-state index is 14.0. The summed E-state index contributed by atoms with van der Waals surface area (Å²) < 4.78 is 25.5. The van der Waals surface area contributed by atoms with E-state index in [1.165, 1.54) is 25.3 Å². The zero-order chi connectivity index (χ0) is 25.1. The molecule has 0 saturated carbocycles. The van der Waals surface area contributed by atoms with Crippen molar-refractivity contribution < 1.29 is 28.2 Å². The van der Waals surface area contributed by atoms with Crippen molar-refractivity contribution >= 4 is 69.1 Å². The fourth-order valence-electron chi connectivity index (χ4n) is 3.24. The van der Waals surface area contributed by atoms with Crippen LogP contribution in [0.4, 0.5) is 9.18 Å².